The molecule has 1 fully saturated rings. The molecule has 0 saturated heterocycles. The van der Waals surface area contributed by atoms with E-state index in [0.29, 0.717) is 12.6 Å². The molecular weight excluding hydrogens is 262 g/mol. The van der Waals surface area contributed by atoms with Gasteiger partial charge in [-0.15, -0.1) is 11.3 Å². The topological polar surface area (TPSA) is 101 Å². The Morgan fingerprint density at radius 1 is 1.47 bits per heavy atom. The van der Waals surface area contributed by atoms with Gasteiger partial charge < -0.3 is 10.6 Å². The van der Waals surface area contributed by atoms with Crippen LogP contribution in [-0.2, 0) is 16.6 Å². The van der Waals surface area contributed by atoms with Crippen molar-refractivity contribution in [1.82, 2.24) is 10.6 Å². The quantitative estimate of drug-likeness (QED) is 0.739. The molecular formula is C9H13N3O3S2. The maximum Gasteiger partial charge on any atom is 0.315 e. The first-order valence-corrected chi connectivity index (χ1v) is 7.47. The van der Waals surface area contributed by atoms with Gasteiger partial charge in [0.05, 0.1) is 6.54 Å². The fourth-order valence-corrected chi connectivity index (χ4v) is 2.96. The zero-order chi connectivity index (χ0) is 12.5. The summed E-state index contributed by atoms with van der Waals surface area (Å²) in [7, 11) is -3.64. The average molecular weight is 275 g/mol. The molecule has 1 aromatic rings. The summed E-state index contributed by atoms with van der Waals surface area (Å²) in [5, 5.41) is 10.4. The smallest absolute Gasteiger partial charge is 0.315 e. The van der Waals surface area contributed by atoms with E-state index in [9.17, 15) is 13.2 Å². The van der Waals surface area contributed by atoms with Gasteiger partial charge in [0.15, 0.2) is 0 Å². The Balaban J connectivity index is 1.86. The summed E-state index contributed by atoms with van der Waals surface area (Å²) >= 11 is 1.06. The Bertz CT molecular complexity index is 519. The van der Waals surface area contributed by atoms with E-state index in [-0.39, 0.29) is 10.2 Å². The van der Waals surface area contributed by atoms with Gasteiger partial charge in [0.2, 0.25) is 10.0 Å². The number of nitrogens with two attached hydrogens (primary N) is 1. The van der Waals surface area contributed by atoms with E-state index in [1.54, 1.807) is 6.07 Å². The molecule has 1 aliphatic rings. The van der Waals surface area contributed by atoms with E-state index in [2.05, 4.69) is 10.6 Å². The summed E-state index contributed by atoms with van der Waals surface area (Å²) in [5.74, 6) is 0. The number of thiophene rings is 1. The number of carbonyl (C=O) groups excluding carboxylic acids is 1. The van der Waals surface area contributed by atoms with Crippen LogP contribution in [0.5, 0.6) is 0 Å². The fraction of sp³-hybridized carbons (Fsp3) is 0.444. The van der Waals surface area contributed by atoms with Crippen LogP contribution in [0.1, 0.15) is 17.7 Å². The molecule has 0 bridgehead atoms. The van der Waals surface area contributed by atoms with Crippen molar-refractivity contribution < 1.29 is 13.2 Å². The highest BCUT2D eigenvalue weighted by molar-refractivity contribution is 7.91. The normalized spacial score (nSPS) is 15.6. The summed E-state index contributed by atoms with van der Waals surface area (Å²) < 4.78 is 22.2. The summed E-state index contributed by atoms with van der Waals surface area (Å²) in [6, 6.07) is 3.16. The lowest BCUT2D eigenvalue weighted by atomic mass is 10.5. The van der Waals surface area contributed by atoms with Crippen molar-refractivity contribution in [2.45, 2.75) is 29.6 Å². The van der Waals surface area contributed by atoms with E-state index in [1.165, 1.54) is 6.07 Å². The molecule has 4 N–H and O–H groups in total. The van der Waals surface area contributed by atoms with Gasteiger partial charge in [0.25, 0.3) is 0 Å². The number of hydrogen-bond acceptors (Lipinski definition) is 4. The zero-order valence-corrected chi connectivity index (χ0v) is 10.6. The Hall–Kier alpha value is -1.12. The monoisotopic (exact) mass is 275 g/mol. The number of primary sulfonamides is 1. The van der Waals surface area contributed by atoms with Gasteiger partial charge in [0.1, 0.15) is 4.21 Å². The third-order valence-corrected chi connectivity index (χ3v) is 4.78. The number of urea groups is 1. The van der Waals surface area contributed by atoms with Crippen LogP contribution in [-0.4, -0.2) is 20.5 Å². The molecule has 6 nitrogen and oxygen atoms in total. The standard InChI is InChI=1S/C9H13N3O3S2/c10-17(14,15)8-4-3-7(16-8)5-11-9(13)12-6-1-2-6/h3-4,6H,1-2,5H2,(H2,10,14,15)(H2,11,12,13). The van der Waals surface area contributed by atoms with Gasteiger partial charge in [-0.3, -0.25) is 0 Å². The second-order valence-corrected chi connectivity index (χ2v) is 6.82. The van der Waals surface area contributed by atoms with Gasteiger partial charge in [-0.05, 0) is 25.0 Å². The summed E-state index contributed by atoms with van der Waals surface area (Å²) in [5.41, 5.74) is 0. The molecule has 2 rings (SSSR count). The van der Waals surface area contributed by atoms with Crippen LogP contribution >= 0.6 is 11.3 Å². The molecule has 94 valence electrons. The molecule has 17 heavy (non-hydrogen) atoms. The molecule has 1 heterocycles. The maximum atomic E-state index is 11.3. The molecule has 0 aliphatic heterocycles. The van der Waals surface area contributed by atoms with Crippen LogP contribution in [0.3, 0.4) is 0 Å². The van der Waals surface area contributed by atoms with Crippen molar-refractivity contribution in [3.8, 4) is 0 Å². The van der Waals surface area contributed by atoms with E-state index >= 15 is 0 Å². The predicted molar refractivity (Wildman–Crippen MR) is 64.1 cm³/mol. The third-order valence-electron chi connectivity index (χ3n) is 2.25. The van der Waals surface area contributed by atoms with Crippen molar-refractivity contribution in [3.05, 3.63) is 17.0 Å². The van der Waals surface area contributed by atoms with Gasteiger partial charge in [-0.1, -0.05) is 0 Å². The first-order valence-electron chi connectivity index (χ1n) is 5.11. The van der Waals surface area contributed by atoms with Gasteiger partial charge in [-0.25, -0.2) is 18.4 Å². The maximum absolute atomic E-state index is 11.3. The van der Waals surface area contributed by atoms with Crippen molar-refractivity contribution in [2.24, 2.45) is 5.14 Å². The van der Waals surface area contributed by atoms with Crippen LogP contribution in [0, 0.1) is 0 Å². The molecule has 0 unspecified atom stereocenters. The molecule has 0 atom stereocenters. The Morgan fingerprint density at radius 3 is 2.71 bits per heavy atom. The molecule has 1 saturated carbocycles. The number of nitrogens with one attached hydrogen (secondary N) is 2. The molecule has 0 spiro atoms. The molecule has 1 aromatic heterocycles. The minimum Gasteiger partial charge on any atom is -0.335 e. The van der Waals surface area contributed by atoms with Crippen molar-refractivity contribution in [3.63, 3.8) is 0 Å². The van der Waals surface area contributed by atoms with E-state index < -0.39 is 10.0 Å². The van der Waals surface area contributed by atoms with Crippen LogP contribution in [0.4, 0.5) is 4.79 Å². The van der Waals surface area contributed by atoms with E-state index in [0.717, 1.165) is 29.1 Å². The summed E-state index contributed by atoms with van der Waals surface area (Å²) in [6.45, 7) is 0.304. The molecule has 0 radical (unpaired) electrons. The summed E-state index contributed by atoms with van der Waals surface area (Å²) in [4.78, 5) is 12.1. The first-order chi connectivity index (χ1) is 7.95. The number of hydrogen-bond donors (Lipinski definition) is 3. The van der Waals surface area contributed by atoms with Gasteiger partial charge in [-0.2, -0.15) is 0 Å². The largest absolute Gasteiger partial charge is 0.335 e. The zero-order valence-electron chi connectivity index (χ0n) is 8.97. The van der Waals surface area contributed by atoms with Crippen LogP contribution in [0.25, 0.3) is 0 Å². The van der Waals surface area contributed by atoms with Crippen molar-refractivity contribution >= 4 is 27.4 Å². The third kappa shape index (κ3) is 3.69. The lowest BCUT2D eigenvalue weighted by Gasteiger charge is -2.04. The van der Waals surface area contributed by atoms with Gasteiger partial charge >= 0.3 is 6.03 Å². The number of amides is 2. The minimum absolute atomic E-state index is 0.108. The fourth-order valence-electron chi connectivity index (χ4n) is 1.24. The van der Waals surface area contributed by atoms with Gasteiger partial charge in [0, 0.05) is 10.9 Å². The average Bonchev–Trinajstić information content (AvgIpc) is 2.90. The van der Waals surface area contributed by atoms with E-state index in [1.807, 2.05) is 0 Å². The Labute approximate surface area is 103 Å². The lowest BCUT2D eigenvalue weighted by Crippen LogP contribution is -2.36. The van der Waals surface area contributed by atoms with Crippen molar-refractivity contribution in [1.29, 1.82) is 0 Å². The van der Waals surface area contributed by atoms with Crippen LogP contribution in [0.15, 0.2) is 16.3 Å². The second-order valence-electron chi connectivity index (χ2n) is 3.87. The molecule has 1 aliphatic carbocycles. The molecule has 8 heteroatoms. The highest BCUT2D eigenvalue weighted by Crippen LogP contribution is 2.20. The van der Waals surface area contributed by atoms with Crippen molar-refractivity contribution in [2.75, 3.05) is 0 Å². The molecule has 2 amide bonds. The SMILES string of the molecule is NS(=O)(=O)c1ccc(CNC(=O)NC2CC2)s1. The summed E-state index contributed by atoms with van der Waals surface area (Å²) in [6.07, 6.45) is 2.06. The Morgan fingerprint density at radius 2 is 2.18 bits per heavy atom. The lowest BCUT2D eigenvalue weighted by molar-refractivity contribution is 0.240. The number of sulfonamides is 1. The molecule has 0 aromatic carbocycles. The van der Waals surface area contributed by atoms with Crippen LogP contribution < -0.4 is 15.8 Å². The highest BCUT2D eigenvalue weighted by Gasteiger charge is 2.23. The minimum atomic E-state index is -3.64. The van der Waals surface area contributed by atoms with Crippen LogP contribution in [0.2, 0.25) is 0 Å². The predicted octanol–water partition coefficient (Wildman–Crippen LogP) is 0.357. The number of rotatable bonds is 4. The van der Waals surface area contributed by atoms with E-state index in [4.69, 9.17) is 5.14 Å². The number of carbonyl (C=O) groups is 1. The second kappa shape index (κ2) is 4.63. The Kier molecular flexibility index (Phi) is 3.36. The highest BCUT2D eigenvalue weighted by atomic mass is 32.2. The first kappa shape index (κ1) is 12.3.